The summed E-state index contributed by atoms with van der Waals surface area (Å²) in [5.41, 5.74) is 4.93. The van der Waals surface area contributed by atoms with Gasteiger partial charge in [-0.3, -0.25) is 0 Å². The van der Waals surface area contributed by atoms with Crippen LogP contribution in [0.1, 0.15) is 35.6 Å². The number of hydrogen-bond acceptors (Lipinski definition) is 3. The predicted octanol–water partition coefficient (Wildman–Crippen LogP) is 2.17. The van der Waals surface area contributed by atoms with Gasteiger partial charge in [-0.05, 0) is 50.3 Å². The lowest BCUT2D eigenvalue weighted by molar-refractivity contribution is 0.125. The molecule has 0 amide bonds. The molecule has 1 aromatic carbocycles. The molecule has 116 valence electrons. The fourth-order valence-electron chi connectivity index (χ4n) is 3.55. The number of hydrogen-bond donors (Lipinski definition) is 0. The van der Waals surface area contributed by atoms with E-state index in [9.17, 15) is 8.42 Å². The van der Waals surface area contributed by atoms with E-state index >= 15 is 0 Å². The van der Waals surface area contributed by atoms with E-state index in [-0.39, 0.29) is 11.4 Å². The lowest BCUT2D eigenvalue weighted by Crippen LogP contribution is -2.44. The molecule has 2 heterocycles. The van der Waals surface area contributed by atoms with Gasteiger partial charge in [-0.1, -0.05) is 17.7 Å². The topological polar surface area (TPSA) is 46.6 Å². The van der Waals surface area contributed by atoms with Crippen LogP contribution in [-0.4, -0.2) is 37.2 Å². The van der Waals surface area contributed by atoms with E-state index in [2.05, 4.69) is 26.0 Å². The van der Waals surface area contributed by atoms with Gasteiger partial charge in [-0.25, -0.2) is 8.42 Å². The summed E-state index contributed by atoms with van der Waals surface area (Å²) in [4.78, 5) is 0. The van der Waals surface area contributed by atoms with Crippen molar-refractivity contribution < 1.29 is 13.2 Å². The molecular weight excluding hydrogens is 286 g/mol. The van der Waals surface area contributed by atoms with Crippen LogP contribution in [0.25, 0.3) is 0 Å². The monoisotopic (exact) mass is 309 g/mol. The van der Waals surface area contributed by atoms with Crippen molar-refractivity contribution in [2.45, 2.75) is 51.5 Å². The van der Waals surface area contributed by atoms with Crippen molar-refractivity contribution >= 4 is 10.0 Å². The number of sulfonamides is 1. The summed E-state index contributed by atoms with van der Waals surface area (Å²) in [6.07, 6.45) is 1.22. The molecule has 3 rings (SSSR count). The molecule has 0 unspecified atom stereocenters. The van der Waals surface area contributed by atoms with E-state index in [0.717, 1.165) is 6.42 Å². The van der Waals surface area contributed by atoms with Gasteiger partial charge in [-0.15, -0.1) is 0 Å². The quantitative estimate of drug-likeness (QED) is 0.841. The molecule has 4 nitrogen and oxygen atoms in total. The lowest BCUT2D eigenvalue weighted by atomic mass is 9.94. The van der Waals surface area contributed by atoms with Gasteiger partial charge in [0.25, 0.3) is 0 Å². The molecule has 21 heavy (non-hydrogen) atoms. The molecule has 0 bridgehead atoms. The molecule has 0 saturated carbocycles. The molecule has 0 N–H and O–H groups in total. The van der Waals surface area contributed by atoms with Gasteiger partial charge in [0.2, 0.25) is 10.0 Å². The van der Waals surface area contributed by atoms with Gasteiger partial charge in [0.15, 0.2) is 0 Å². The van der Waals surface area contributed by atoms with Gasteiger partial charge in [-0.2, -0.15) is 4.31 Å². The zero-order valence-corrected chi connectivity index (χ0v) is 13.7. The Morgan fingerprint density at radius 3 is 2.71 bits per heavy atom. The first kappa shape index (κ1) is 15.0. The van der Waals surface area contributed by atoms with Crippen molar-refractivity contribution in [3.05, 3.63) is 34.4 Å². The highest BCUT2D eigenvalue weighted by Gasteiger charge is 2.40. The number of nitrogens with zero attached hydrogens (tertiary/aromatic N) is 1. The second-order valence-corrected chi connectivity index (χ2v) is 8.40. The van der Waals surface area contributed by atoms with Crippen LogP contribution < -0.4 is 0 Å². The maximum Gasteiger partial charge on any atom is 0.219 e. The minimum absolute atomic E-state index is 0.199. The highest BCUT2D eigenvalue weighted by Crippen LogP contribution is 2.30. The third-order valence-electron chi connectivity index (χ3n) is 4.72. The lowest BCUT2D eigenvalue weighted by Gasteiger charge is -2.32. The Hall–Kier alpha value is -0.910. The number of ether oxygens (including phenoxy) is 1. The molecule has 2 aliphatic rings. The molecule has 2 aliphatic heterocycles. The van der Waals surface area contributed by atoms with E-state index in [1.807, 2.05) is 6.92 Å². The van der Waals surface area contributed by atoms with Crippen LogP contribution >= 0.6 is 0 Å². The summed E-state index contributed by atoms with van der Waals surface area (Å²) in [5.74, 6) is 0. The molecule has 0 aliphatic carbocycles. The van der Waals surface area contributed by atoms with Crippen LogP contribution in [0.4, 0.5) is 0 Å². The third kappa shape index (κ3) is 2.62. The zero-order valence-electron chi connectivity index (χ0n) is 12.9. The highest BCUT2D eigenvalue weighted by atomic mass is 32.2. The van der Waals surface area contributed by atoms with Gasteiger partial charge in [0.1, 0.15) is 5.25 Å². The van der Waals surface area contributed by atoms with Crippen molar-refractivity contribution in [2.24, 2.45) is 0 Å². The third-order valence-corrected chi connectivity index (χ3v) is 7.14. The molecule has 1 saturated heterocycles. The Morgan fingerprint density at radius 2 is 2.05 bits per heavy atom. The fourth-order valence-corrected chi connectivity index (χ4v) is 5.54. The molecule has 0 spiro atoms. The van der Waals surface area contributed by atoms with Crippen LogP contribution in [-0.2, 0) is 27.7 Å². The Balaban J connectivity index is 1.89. The number of rotatable bonds is 2. The molecule has 1 fully saturated rings. The molecule has 0 radical (unpaired) electrons. The first-order valence-electron chi connectivity index (χ1n) is 7.59. The minimum Gasteiger partial charge on any atom is -0.377 e. The van der Waals surface area contributed by atoms with Crippen molar-refractivity contribution in [1.29, 1.82) is 0 Å². The van der Waals surface area contributed by atoms with Crippen molar-refractivity contribution in [3.8, 4) is 0 Å². The predicted molar refractivity (Wildman–Crippen MR) is 82.8 cm³/mol. The summed E-state index contributed by atoms with van der Waals surface area (Å²) in [7, 11) is -3.27. The average molecular weight is 309 g/mol. The fraction of sp³-hybridized carbons (Fsp3) is 0.625. The largest absolute Gasteiger partial charge is 0.377 e. The number of fused-ring (bicyclic) bond motifs is 1. The number of benzene rings is 1. The van der Waals surface area contributed by atoms with E-state index < -0.39 is 10.0 Å². The second-order valence-electron chi connectivity index (χ2n) is 6.25. The summed E-state index contributed by atoms with van der Waals surface area (Å²) >= 11 is 0. The highest BCUT2D eigenvalue weighted by molar-refractivity contribution is 7.89. The normalized spacial score (nSPS) is 26.8. The first-order chi connectivity index (χ1) is 9.89. The van der Waals surface area contributed by atoms with Crippen LogP contribution in [0.2, 0.25) is 0 Å². The van der Waals surface area contributed by atoms with Gasteiger partial charge >= 0.3 is 0 Å². The standard InChI is InChI=1S/C16H23NO3S/c1-11-8-12(2)15-10-17(6-4-14(15)9-11)21(18,19)16-5-7-20-13(16)3/h8-9,13,16H,4-7,10H2,1-3H3/t13-,16-/m0/s1. The Bertz CT molecular complexity index is 654. The van der Waals surface area contributed by atoms with E-state index in [1.54, 1.807) is 4.31 Å². The Morgan fingerprint density at radius 1 is 1.29 bits per heavy atom. The van der Waals surface area contributed by atoms with Crippen LogP contribution in [0.15, 0.2) is 12.1 Å². The first-order valence-corrected chi connectivity index (χ1v) is 9.09. The molecule has 0 aromatic heterocycles. The van der Waals surface area contributed by atoms with Crippen molar-refractivity contribution in [2.75, 3.05) is 13.2 Å². The van der Waals surface area contributed by atoms with Gasteiger partial charge < -0.3 is 4.74 Å². The average Bonchev–Trinajstić information content (AvgIpc) is 2.85. The van der Waals surface area contributed by atoms with E-state index in [4.69, 9.17) is 4.74 Å². The Labute approximate surface area is 127 Å². The van der Waals surface area contributed by atoms with Crippen LogP contribution in [0.3, 0.4) is 0 Å². The summed E-state index contributed by atoms with van der Waals surface area (Å²) < 4.78 is 32.8. The number of aryl methyl sites for hydroxylation is 2. The molecular formula is C16H23NO3S. The summed E-state index contributed by atoms with van der Waals surface area (Å²) in [5, 5.41) is -0.384. The zero-order chi connectivity index (χ0) is 15.2. The van der Waals surface area contributed by atoms with E-state index in [1.165, 1.54) is 22.3 Å². The SMILES string of the molecule is Cc1cc(C)c2c(c1)CCN(S(=O)(=O)[C@H]1CCO[C@H]1C)C2. The molecule has 2 atom stereocenters. The summed E-state index contributed by atoms with van der Waals surface area (Å²) in [6.45, 7) is 7.67. The smallest absolute Gasteiger partial charge is 0.219 e. The Kier molecular flexibility index (Phi) is 3.84. The maximum absolute atomic E-state index is 12.8. The molecule has 1 aromatic rings. The second kappa shape index (κ2) is 5.38. The molecule has 5 heteroatoms. The van der Waals surface area contributed by atoms with Crippen molar-refractivity contribution in [1.82, 2.24) is 4.31 Å². The van der Waals surface area contributed by atoms with Gasteiger partial charge in [0, 0.05) is 19.7 Å². The van der Waals surface area contributed by atoms with Crippen LogP contribution in [0.5, 0.6) is 0 Å². The minimum atomic E-state index is -3.27. The van der Waals surface area contributed by atoms with Crippen molar-refractivity contribution in [3.63, 3.8) is 0 Å². The van der Waals surface area contributed by atoms with E-state index in [0.29, 0.717) is 26.1 Å². The van der Waals surface area contributed by atoms with Crippen LogP contribution in [0, 0.1) is 13.8 Å². The summed E-state index contributed by atoms with van der Waals surface area (Å²) in [6, 6.07) is 4.32. The van der Waals surface area contributed by atoms with Gasteiger partial charge in [0.05, 0.1) is 6.10 Å². The maximum atomic E-state index is 12.8.